The summed E-state index contributed by atoms with van der Waals surface area (Å²) in [7, 11) is 1.73. The lowest BCUT2D eigenvalue weighted by atomic mass is 9.85. The van der Waals surface area contributed by atoms with Crippen LogP contribution in [-0.2, 0) is 17.6 Å². The highest BCUT2D eigenvalue weighted by molar-refractivity contribution is 7.16. The molecule has 1 aromatic carbocycles. The van der Waals surface area contributed by atoms with Gasteiger partial charge < -0.3 is 11.1 Å². The summed E-state index contributed by atoms with van der Waals surface area (Å²) >= 11 is 1.58. The quantitative estimate of drug-likeness (QED) is 0.867. The molecule has 0 radical (unpaired) electrons. The van der Waals surface area contributed by atoms with E-state index in [0.717, 1.165) is 25.0 Å². The maximum Gasteiger partial charge on any atom is 0.313 e. The summed E-state index contributed by atoms with van der Waals surface area (Å²) in [6, 6.07) is 9.90. The van der Waals surface area contributed by atoms with Crippen molar-refractivity contribution in [3.05, 3.63) is 46.5 Å². The lowest BCUT2D eigenvalue weighted by Crippen LogP contribution is -2.51. The number of fused-ring (bicyclic) bond motifs is 1. The molecule has 4 rings (SSSR count). The fourth-order valence-electron chi connectivity index (χ4n) is 3.68. The van der Waals surface area contributed by atoms with E-state index in [1.807, 2.05) is 6.07 Å². The molecule has 0 bridgehead atoms. The van der Waals surface area contributed by atoms with Crippen molar-refractivity contribution in [3.63, 3.8) is 0 Å². The Bertz CT molecular complexity index is 844. The molecule has 1 unspecified atom stereocenters. The van der Waals surface area contributed by atoms with Crippen molar-refractivity contribution in [2.45, 2.75) is 43.6 Å². The van der Waals surface area contributed by atoms with E-state index < -0.39 is 11.6 Å². The summed E-state index contributed by atoms with van der Waals surface area (Å²) in [6.07, 6.45) is 4.22. The summed E-state index contributed by atoms with van der Waals surface area (Å²) in [6.45, 7) is 0. The number of benzene rings is 1. The molecule has 1 atom stereocenters. The van der Waals surface area contributed by atoms with E-state index >= 15 is 0 Å². The molecule has 26 heavy (non-hydrogen) atoms. The average molecular weight is 370 g/mol. The van der Waals surface area contributed by atoms with Crippen LogP contribution < -0.4 is 16.0 Å². The third-order valence-electron chi connectivity index (χ3n) is 5.31. The molecular formula is C19H22N4O2S. The summed E-state index contributed by atoms with van der Waals surface area (Å²) in [5, 5.41) is 3.30. The van der Waals surface area contributed by atoms with Gasteiger partial charge in [0.2, 0.25) is 0 Å². The number of hydrogen-bond donors (Lipinski definition) is 2. The minimum atomic E-state index is -0.834. The Labute approximate surface area is 156 Å². The molecule has 2 aliphatic carbocycles. The molecule has 7 heteroatoms. The second-order valence-electron chi connectivity index (χ2n) is 7.15. The molecule has 1 heterocycles. The van der Waals surface area contributed by atoms with Crippen LogP contribution in [0.3, 0.4) is 0 Å². The largest absolute Gasteiger partial charge is 0.352 e. The fourth-order valence-corrected chi connectivity index (χ4v) is 4.82. The molecule has 136 valence electrons. The maximum atomic E-state index is 12.8. The number of carbonyl (C=O) groups is 2. The van der Waals surface area contributed by atoms with Gasteiger partial charge >= 0.3 is 6.03 Å². The zero-order valence-electron chi connectivity index (χ0n) is 14.7. The van der Waals surface area contributed by atoms with E-state index in [0.29, 0.717) is 23.9 Å². The topological polar surface area (TPSA) is 88.3 Å². The van der Waals surface area contributed by atoms with E-state index in [4.69, 9.17) is 10.7 Å². The van der Waals surface area contributed by atoms with E-state index in [1.54, 1.807) is 23.3 Å². The Hall–Kier alpha value is -2.41. The number of primary amides is 1. The van der Waals surface area contributed by atoms with Gasteiger partial charge in [0, 0.05) is 11.9 Å². The van der Waals surface area contributed by atoms with Crippen molar-refractivity contribution in [2.24, 2.45) is 5.73 Å². The number of nitrogens with zero attached hydrogens (tertiary/aromatic N) is 2. The number of aromatic nitrogens is 1. The molecule has 0 aliphatic heterocycles. The predicted octanol–water partition coefficient (Wildman–Crippen LogP) is 2.58. The van der Waals surface area contributed by atoms with Crippen LogP contribution in [0.15, 0.2) is 30.3 Å². The van der Waals surface area contributed by atoms with Crippen molar-refractivity contribution in [3.8, 4) is 0 Å². The van der Waals surface area contributed by atoms with Crippen LogP contribution in [0.5, 0.6) is 0 Å². The number of hydrogen-bond acceptors (Lipinski definition) is 4. The summed E-state index contributed by atoms with van der Waals surface area (Å²) < 4.78 is 0. The standard InChI is InChI=1S/C19H22N4O2S/c1-23(16(24)19(9-10-19)22-17(20)25)18-21-14-8-7-13(11-15(14)26-18)12-5-3-2-4-6-12/h2-6,13H,7-11H2,1H3,(H3,20,22,25). The van der Waals surface area contributed by atoms with E-state index in [-0.39, 0.29) is 5.91 Å². The van der Waals surface area contributed by atoms with Crippen LogP contribution in [0.4, 0.5) is 9.93 Å². The smallest absolute Gasteiger partial charge is 0.313 e. The highest BCUT2D eigenvalue weighted by atomic mass is 32.1. The number of aryl methyl sites for hydroxylation is 1. The van der Waals surface area contributed by atoms with Gasteiger partial charge in [0.15, 0.2) is 5.13 Å². The second kappa shape index (κ2) is 6.39. The minimum absolute atomic E-state index is 0.137. The predicted molar refractivity (Wildman–Crippen MR) is 101 cm³/mol. The maximum absolute atomic E-state index is 12.8. The lowest BCUT2D eigenvalue weighted by Gasteiger charge is -2.21. The van der Waals surface area contributed by atoms with Gasteiger partial charge in [-0.05, 0) is 43.6 Å². The number of thiazole rings is 1. The van der Waals surface area contributed by atoms with E-state index in [9.17, 15) is 9.59 Å². The first kappa shape index (κ1) is 17.0. The van der Waals surface area contributed by atoms with Gasteiger partial charge in [0.05, 0.1) is 5.69 Å². The number of carbonyl (C=O) groups excluding carboxylic acids is 2. The molecule has 0 saturated heterocycles. The van der Waals surface area contributed by atoms with Crippen molar-refractivity contribution in [1.29, 1.82) is 0 Å². The van der Waals surface area contributed by atoms with Crippen molar-refractivity contribution in [1.82, 2.24) is 10.3 Å². The zero-order valence-corrected chi connectivity index (χ0v) is 15.5. The number of urea groups is 1. The number of nitrogens with one attached hydrogen (secondary N) is 1. The zero-order chi connectivity index (χ0) is 18.3. The first-order valence-corrected chi connectivity index (χ1v) is 9.69. The molecule has 1 fully saturated rings. The first-order valence-electron chi connectivity index (χ1n) is 8.88. The van der Waals surface area contributed by atoms with E-state index in [1.165, 1.54) is 10.4 Å². The SMILES string of the molecule is CN(C(=O)C1(NC(N)=O)CC1)c1nc2c(s1)CC(c1ccccc1)CC2. The Morgan fingerprint density at radius 1 is 1.31 bits per heavy atom. The summed E-state index contributed by atoms with van der Waals surface area (Å²) in [5.74, 6) is 0.367. The lowest BCUT2D eigenvalue weighted by molar-refractivity contribution is -0.121. The molecule has 6 nitrogen and oxygen atoms in total. The highest BCUT2D eigenvalue weighted by Crippen LogP contribution is 2.41. The van der Waals surface area contributed by atoms with Crippen molar-refractivity contribution in [2.75, 3.05) is 11.9 Å². The van der Waals surface area contributed by atoms with Crippen LogP contribution in [0.25, 0.3) is 0 Å². The van der Waals surface area contributed by atoms with Crippen LogP contribution in [-0.4, -0.2) is 29.5 Å². The number of anilines is 1. The van der Waals surface area contributed by atoms with E-state index in [2.05, 4.69) is 29.6 Å². The molecule has 3 N–H and O–H groups in total. The third-order valence-corrected chi connectivity index (χ3v) is 6.51. The Balaban J connectivity index is 1.51. The van der Waals surface area contributed by atoms with Gasteiger partial charge in [-0.15, -0.1) is 11.3 Å². The van der Waals surface area contributed by atoms with Crippen molar-refractivity contribution < 1.29 is 9.59 Å². The van der Waals surface area contributed by atoms with Gasteiger partial charge in [0.1, 0.15) is 5.54 Å². The Morgan fingerprint density at radius 2 is 2.04 bits per heavy atom. The Kier molecular flexibility index (Phi) is 4.19. The minimum Gasteiger partial charge on any atom is -0.352 e. The number of amides is 3. The number of rotatable bonds is 4. The van der Waals surface area contributed by atoms with Gasteiger partial charge in [-0.1, -0.05) is 30.3 Å². The first-order chi connectivity index (χ1) is 12.5. The molecule has 1 saturated carbocycles. The average Bonchev–Trinajstić information content (AvgIpc) is 3.28. The monoisotopic (exact) mass is 370 g/mol. The second-order valence-corrected chi connectivity index (χ2v) is 8.21. The third kappa shape index (κ3) is 3.07. The fraction of sp³-hybridized carbons (Fsp3) is 0.421. The normalized spacial score (nSPS) is 20.1. The summed E-state index contributed by atoms with van der Waals surface area (Å²) in [4.78, 5) is 31.5. The van der Waals surface area contributed by atoms with Crippen LogP contribution in [0.2, 0.25) is 0 Å². The summed E-state index contributed by atoms with van der Waals surface area (Å²) in [5.41, 5.74) is 6.84. The van der Waals surface area contributed by atoms with Gasteiger partial charge in [-0.3, -0.25) is 9.69 Å². The van der Waals surface area contributed by atoms with Gasteiger partial charge in [-0.25, -0.2) is 9.78 Å². The van der Waals surface area contributed by atoms with Crippen LogP contribution in [0, 0.1) is 0 Å². The molecule has 2 aromatic rings. The van der Waals surface area contributed by atoms with Gasteiger partial charge in [0.25, 0.3) is 5.91 Å². The van der Waals surface area contributed by atoms with Gasteiger partial charge in [-0.2, -0.15) is 0 Å². The number of likely N-dealkylation sites (N-methyl/N-ethyl adjacent to an activating group) is 1. The highest BCUT2D eigenvalue weighted by Gasteiger charge is 2.53. The molecule has 1 aromatic heterocycles. The van der Waals surface area contributed by atoms with Crippen LogP contribution in [0.1, 0.15) is 41.3 Å². The Morgan fingerprint density at radius 3 is 2.69 bits per heavy atom. The number of nitrogens with two attached hydrogens (primary N) is 1. The molecule has 0 spiro atoms. The van der Waals surface area contributed by atoms with Crippen molar-refractivity contribution >= 4 is 28.4 Å². The molecule has 2 aliphatic rings. The van der Waals surface area contributed by atoms with Crippen LogP contribution >= 0.6 is 11.3 Å². The molecule has 3 amide bonds. The molecular weight excluding hydrogens is 348 g/mol.